The summed E-state index contributed by atoms with van der Waals surface area (Å²) in [6, 6.07) is 8.34. The van der Waals surface area contributed by atoms with Gasteiger partial charge in [0.25, 0.3) is 0 Å². The predicted octanol–water partition coefficient (Wildman–Crippen LogP) is 3.68. The van der Waals surface area contributed by atoms with Crippen LogP contribution in [0.25, 0.3) is 11.5 Å². The van der Waals surface area contributed by atoms with Crippen molar-refractivity contribution >= 4 is 5.78 Å². The van der Waals surface area contributed by atoms with E-state index in [1.807, 2.05) is 0 Å². The largest absolute Gasteiger partial charge is 0.294 e. The molecule has 1 aliphatic rings. The number of carbonyl (C=O) groups excluding carboxylic acids is 1. The molecule has 1 aliphatic carbocycles. The van der Waals surface area contributed by atoms with E-state index >= 15 is 0 Å². The van der Waals surface area contributed by atoms with Crippen molar-refractivity contribution < 1.29 is 9.18 Å². The quantitative estimate of drug-likeness (QED) is 0.723. The Morgan fingerprint density at radius 3 is 2.58 bits per heavy atom. The summed E-state index contributed by atoms with van der Waals surface area (Å²) >= 11 is 0. The summed E-state index contributed by atoms with van der Waals surface area (Å²) in [6.07, 6.45) is 4.40. The fraction of sp³-hybridized carbons (Fsp3) is 0.300. The van der Waals surface area contributed by atoms with Gasteiger partial charge < -0.3 is 0 Å². The molecule has 0 atom stereocenters. The van der Waals surface area contributed by atoms with E-state index in [9.17, 15) is 9.18 Å². The summed E-state index contributed by atoms with van der Waals surface area (Å²) in [5.74, 6) is 0.179. The second-order valence-corrected chi connectivity index (χ2v) is 7.43. The van der Waals surface area contributed by atoms with Gasteiger partial charge in [-0.05, 0) is 24.0 Å². The SMILES string of the molecule is CC1(C)CC(=O)c2c(-c3ncccn3)nn(Cc3ccccc3F)c2C1. The standard InChI is InChI=1S/C20H19FN4O/c1-20(2)10-15-17(16(26)11-20)18(19-22-8-5-9-23-19)24-25(15)12-13-6-3-4-7-14(13)21/h3-9H,10-12H2,1-2H3. The molecule has 0 saturated carbocycles. The molecule has 2 heterocycles. The van der Waals surface area contributed by atoms with Crippen LogP contribution < -0.4 is 0 Å². The van der Waals surface area contributed by atoms with Crippen molar-refractivity contribution in [3.8, 4) is 11.5 Å². The molecule has 0 saturated heterocycles. The zero-order valence-corrected chi connectivity index (χ0v) is 14.7. The molecule has 0 spiro atoms. The summed E-state index contributed by atoms with van der Waals surface area (Å²) in [7, 11) is 0. The number of hydrogen-bond donors (Lipinski definition) is 0. The van der Waals surface area contributed by atoms with Gasteiger partial charge >= 0.3 is 0 Å². The number of ketones is 1. The molecular weight excluding hydrogens is 331 g/mol. The van der Waals surface area contributed by atoms with Crippen molar-refractivity contribution in [2.45, 2.75) is 33.2 Å². The lowest BCUT2D eigenvalue weighted by atomic mass is 9.75. The van der Waals surface area contributed by atoms with Gasteiger partial charge in [-0.3, -0.25) is 9.48 Å². The number of carbonyl (C=O) groups is 1. The third-order valence-electron chi connectivity index (χ3n) is 4.68. The third kappa shape index (κ3) is 2.92. The maximum atomic E-state index is 14.1. The van der Waals surface area contributed by atoms with Gasteiger partial charge in [0.15, 0.2) is 11.6 Å². The van der Waals surface area contributed by atoms with E-state index in [0.29, 0.717) is 35.5 Å². The normalized spacial score (nSPS) is 15.7. The first-order valence-electron chi connectivity index (χ1n) is 8.58. The molecule has 132 valence electrons. The highest BCUT2D eigenvalue weighted by Crippen LogP contribution is 2.38. The number of halogens is 1. The Bertz CT molecular complexity index is 979. The minimum absolute atomic E-state index is 0.0403. The van der Waals surface area contributed by atoms with Crippen LogP contribution in [0.1, 0.15) is 41.9 Å². The van der Waals surface area contributed by atoms with Crippen molar-refractivity contribution in [3.05, 3.63) is 65.4 Å². The second kappa shape index (κ2) is 6.12. The van der Waals surface area contributed by atoms with Crippen LogP contribution in [-0.4, -0.2) is 25.5 Å². The summed E-state index contributed by atoms with van der Waals surface area (Å²) in [5, 5.41) is 4.62. The van der Waals surface area contributed by atoms with Gasteiger partial charge in [-0.1, -0.05) is 32.0 Å². The molecule has 0 amide bonds. The number of aromatic nitrogens is 4. The first kappa shape index (κ1) is 16.6. The maximum Gasteiger partial charge on any atom is 0.180 e. The van der Waals surface area contributed by atoms with E-state index in [-0.39, 0.29) is 23.6 Å². The molecule has 0 unspecified atom stereocenters. The third-order valence-corrected chi connectivity index (χ3v) is 4.68. The van der Waals surface area contributed by atoms with Crippen LogP contribution in [0.3, 0.4) is 0 Å². The Kier molecular flexibility index (Phi) is 3.90. The fourth-order valence-electron chi connectivity index (χ4n) is 3.50. The fourth-order valence-corrected chi connectivity index (χ4v) is 3.50. The highest BCUT2D eigenvalue weighted by atomic mass is 19.1. The summed E-state index contributed by atoms with van der Waals surface area (Å²) in [6.45, 7) is 4.39. The molecular formula is C20H19FN4O. The van der Waals surface area contributed by atoms with Crippen LogP contribution in [0.2, 0.25) is 0 Å². The van der Waals surface area contributed by atoms with Gasteiger partial charge in [-0.2, -0.15) is 5.10 Å². The van der Waals surface area contributed by atoms with Gasteiger partial charge in [0.2, 0.25) is 0 Å². The van der Waals surface area contributed by atoms with Crippen molar-refractivity contribution in [2.24, 2.45) is 5.41 Å². The molecule has 0 radical (unpaired) electrons. The Labute approximate surface area is 150 Å². The Balaban J connectivity index is 1.87. The summed E-state index contributed by atoms with van der Waals surface area (Å²) in [5.41, 5.74) is 2.27. The van der Waals surface area contributed by atoms with E-state index in [4.69, 9.17) is 0 Å². The van der Waals surface area contributed by atoms with Gasteiger partial charge in [0, 0.05) is 24.4 Å². The van der Waals surface area contributed by atoms with E-state index in [0.717, 1.165) is 5.69 Å². The maximum absolute atomic E-state index is 14.1. The van der Waals surface area contributed by atoms with Crippen LogP contribution >= 0.6 is 0 Å². The molecule has 3 aromatic rings. The number of hydrogen-bond acceptors (Lipinski definition) is 4. The summed E-state index contributed by atoms with van der Waals surface area (Å²) in [4.78, 5) is 21.4. The van der Waals surface area contributed by atoms with Crippen molar-refractivity contribution in [3.63, 3.8) is 0 Å². The topological polar surface area (TPSA) is 60.7 Å². The monoisotopic (exact) mass is 350 g/mol. The first-order valence-corrected chi connectivity index (χ1v) is 8.58. The number of nitrogens with zero attached hydrogens (tertiary/aromatic N) is 4. The van der Waals surface area contributed by atoms with Gasteiger partial charge in [-0.15, -0.1) is 0 Å². The van der Waals surface area contributed by atoms with Crippen molar-refractivity contribution in [1.82, 2.24) is 19.7 Å². The lowest BCUT2D eigenvalue weighted by Crippen LogP contribution is -2.28. The van der Waals surface area contributed by atoms with Crippen LogP contribution in [0.15, 0.2) is 42.7 Å². The molecule has 5 nitrogen and oxygen atoms in total. The van der Waals surface area contributed by atoms with Crippen LogP contribution in [0.4, 0.5) is 4.39 Å². The van der Waals surface area contributed by atoms with E-state index < -0.39 is 0 Å². The first-order chi connectivity index (χ1) is 12.4. The number of benzene rings is 1. The van der Waals surface area contributed by atoms with Gasteiger partial charge in [-0.25, -0.2) is 14.4 Å². The smallest absolute Gasteiger partial charge is 0.180 e. The van der Waals surface area contributed by atoms with Crippen LogP contribution in [0.5, 0.6) is 0 Å². The lowest BCUT2D eigenvalue weighted by Gasteiger charge is -2.29. The predicted molar refractivity (Wildman–Crippen MR) is 95.2 cm³/mol. The molecule has 4 rings (SSSR count). The number of Topliss-reactive ketones (excluding diaryl/α,β-unsaturated/α-hetero) is 1. The highest BCUT2D eigenvalue weighted by Gasteiger charge is 2.37. The zero-order valence-electron chi connectivity index (χ0n) is 14.7. The Hall–Kier alpha value is -2.89. The second-order valence-electron chi connectivity index (χ2n) is 7.43. The Morgan fingerprint density at radius 2 is 1.85 bits per heavy atom. The highest BCUT2D eigenvalue weighted by molar-refractivity contribution is 6.03. The van der Waals surface area contributed by atoms with Gasteiger partial charge in [0.05, 0.1) is 17.8 Å². The van der Waals surface area contributed by atoms with Gasteiger partial charge in [0.1, 0.15) is 11.5 Å². The molecule has 26 heavy (non-hydrogen) atoms. The minimum atomic E-state index is -0.282. The van der Waals surface area contributed by atoms with Crippen LogP contribution in [-0.2, 0) is 13.0 Å². The van der Waals surface area contributed by atoms with Crippen molar-refractivity contribution in [1.29, 1.82) is 0 Å². The average Bonchev–Trinajstić information content (AvgIpc) is 2.95. The molecule has 0 fully saturated rings. The molecule has 6 heteroatoms. The molecule has 0 aliphatic heterocycles. The molecule has 0 bridgehead atoms. The van der Waals surface area contributed by atoms with E-state index in [1.54, 1.807) is 41.3 Å². The average molecular weight is 350 g/mol. The lowest BCUT2D eigenvalue weighted by molar-refractivity contribution is 0.0910. The van der Waals surface area contributed by atoms with Crippen LogP contribution in [0, 0.1) is 11.2 Å². The molecule has 2 aromatic heterocycles. The van der Waals surface area contributed by atoms with Crippen molar-refractivity contribution in [2.75, 3.05) is 0 Å². The van der Waals surface area contributed by atoms with E-state index in [1.165, 1.54) is 6.07 Å². The zero-order chi connectivity index (χ0) is 18.3. The molecule has 1 aromatic carbocycles. The number of rotatable bonds is 3. The Morgan fingerprint density at radius 1 is 1.12 bits per heavy atom. The summed E-state index contributed by atoms with van der Waals surface area (Å²) < 4.78 is 15.9. The van der Waals surface area contributed by atoms with E-state index in [2.05, 4.69) is 28.9 Å². The number of fused-ring (bicyclic) bond motifs is 1. The molecule has 0 N–H and O–H groups in total. The minimum Gasteiger partial charge on any atom is -0.294 e.